The molecular weight excluding hydrogens is 220 g/mol. The van der Waals surface area contributed by atoms with Gasteiger partial charge in [0.25, 0.3) is 0 Å². The first-order chi connectivity index (χ1) is 8.38. The fraction of sp³-hybridized carbons (Fsp3) is 0.500. The number of aliphatic hydroxyl groups is 1. The lowest BCUT2D eigenvalue weighted by Crippen LogP contribution is -2.13. The molecule has 0 bridgehead atoms. The van der Waals surface area contributed by atoms with E-state index in [1.807, 2.05) is 6.20 Å². The van der Waals surface area contributed by atoms with Crippen molar-refractivity contribution in [2.24, 2.45) is 0 Å². The van der Waals surface area contributed by atoms with Crippen molar-refractivity contribution in [2.45, 2.75) is 26.1 Å². The third-order valence-corrected chi connectivity index (χ3v) is 2.28. The number of aromatic nitrogens is 5. The summed E-state index contributed by atoms with van der Waals surface area (Å²) in [5.41, 5.74) is 0.884. The van der Waals surface area contributed by atoms with Gasteiger partial charge in [0, 0.05) is 38.3 Å². The number of imidazole rings is 1. The average Bonchev–Trinajstić information content (AvgIpc) is 2.98. The topological polar surface area (TPSA) is 91.7 Å². The summed E-state index contributed by atoms with van der Waals surface area (Å²) >= 11 is 0. The van der Waals surface area contributed by atoms with Crippen LogP contribution in [-0.2, 0) is 19.6 Å². The maximum absolute atomic E-state index is 8.70. The maximum atomic E-state index is 8.70. The van der Waals surface area contributed by atoms with Crippen LogP contribution in [0.1, 0.15) is 17.9 Å². The molecule has 0 saturated carbocycles. The molecule has 7 heteroatoms. The van der Waals surface area contributed by atoms with Crippen molar-refractivity contribution in [3.05, 3.63) is 30.1 Å². The van der Waals surface area contributed by atoms with E-state index >= 15 is 0 Å². The Morgan fingerprint density at radius 3 is 3.12 bits per heavy atom. The van der Waals surface area contributed by atoms with E-state index in [9.17, 15) is 0 Å². The summed E-state index contributed by atoms with van der Waals surface area (Å²) < 4.78 is 1.74. The lowest BCUT2D eigenvalue weighted by atomic mass is 10.4. The number of nitrogens with zero attached hydrogens (tertiary/aromatic N) is 4. The van der Waals surface area contributed by atoms with Crippen molar-refractivity contribution in [3.8, 4) is 0 Å². The lowest BCUT2D eigenvalue weighted by molar-refractivity contribution is 0.276. The van der Waals surface area contributed by atoms with Crippen LogP contribution in [0.25, 0.3) is 0 Å². The first kappa shape index (κ1) is 11.7. The highest BCUT2D eigenvalue weighted by molar-refractivity contribution is 4.93. The second-order valence-corrected chi connectivity index (χ2v) is 3.69. The molecule has 0 fully saturated rings. The van der Waals surface area contributed by atoms with E-state index in [2.05, 4.69) is 25.6 Å². The van der Waals surface area contributed by atoms with E-state index in [4.69, 9.17) is 5.11 Å². The van der Waals surface area contributed by atoms with E-state index in [-0.39, 0.29) is 6.61 Å². The molecule has 0 radical (unpaired) electrons. The predicted molar refractivity (Wildman–Crippen MR) is 60.9 cm³/mol. The molecule has 92 valence electrons. The van der Waals surface area contributed by atoms with Gasteiger partial charge in [-0.25, -0.2) is 4.98 Å². The van der Waals surface area contributed by atoms with Crippen LogP contribution in [0.4, 0.5) is 0 Å². The van der Waals surface area contributed by atoms with Gasteiger partial charge in [0.15, 0.2) is 0 Å². The molecule has 2 aromatic rings. The Morgan fingerprint density at radius 2 is 2.35 bits per heavy atom. The number of H-pyrrole nitrogens is 1. The fourth-order valence-electron chi connectivity index (χ4n) is 1.47. The SMILES string of the molecule is OCCCn1cc(CNCc2ncc[nH]2)nn1. The quantitative estimate of drug-likeness (QED) is 0.612. The van der Waals surface area contributed by atoms with Crippen LogP contribution >= 0.6 is 0 Å². The van der Waals surface area contributed by atoms with Crippen molar-refractivity contribution in [1.29, 1.82) is 0 Å². The van der Waals surface area contributed by atoms with Gasteiger partial charge < -0.3 is 15.4 Å². The predicted octanol–water partition coefficient (Wildman–Crippen LogP) is -0.327. The van der Waals surface area contributed by atoms with Crippen LogP contribution in [0.5, 0.6) is 0 Å². The summed E-state index contributed by atoms with van der Waals surface area (Å²) in [7, 11) is 0. The summed E-state index contributed by atoms with van der Waals surface area (Å²) in [6, 6.07) is 0. The highest BCUT2D eigenvalue weighted by atomic mass is 16.3. The number of aromatic amines is 1. The van der Waals surface area contributed by atoms with E-state index in [1.54, 1.807) is 17.1 Å². The molecule has 0 unspecified atom stereocenters. The Hall–Kier alpha value is -1.73. The normalized spacial score (nSPS) is 10.9. The van der Waals surface area contributed by atoms with Crippen molar-refractivity contribution in [2.75, 3.05) is 6.61 Å². The minimum Gasteiger partial charge on any atom is -0.396 e. The summed E-state index contributed by atoms with van der Waals surface area (Å²) in [4.78, 5) is 7.12. The van der Waals surface area contributed by atoms with Crippen LogP contribution in [-0.4, -0.2) is 36.7 Å². The summed E-state index contributed by atoms with van der Waals surface area (Å²) in [5, 5.41) is 19.9. The third-order valence-electron chi connectivity index (χ3n) is 2.28. The molecule has 2 aromatic heterocycles. The van der Waals surface area contributed by atoms with E-state index in [1.165, 1.54) is 0 Å². The van der Waals surface area contributed by atoms with Crippen LogP contribution in [0, 0.1) is 0 Å². The molecule has 0 amide bonds. The van der Waals surface area contributed by atoms with Gasteiger partial charge in [-0.2, -0.15) is 0 Å². The first-order valence-corrected chi connectivity index (χ1v) is 5.57. The Morgan fingerprint density at radius 1 is 1.41 bits per heavy atom. The zero-order valence-electron chi connectivity index (χ0n) is 9.50. The second kappa shape index (κ2) is 6.12. The van der Waals surface area contributed by atoms with Crippen LogP contribution in [0.2, 0.25) is 0 Å². The molecule has 0 spiro atoms. The summed E-state index contributed by atoms with van der Waals surface area (Å²) in [5.74, 6) is 0.901. The van der Waals surface area contributed by atoms with Crippen LogP contribution in [0.15, 0.2) is 18.6 Å². The van der Waals surface area contributed by atoms with Crippen molar-refractivity contribution in [1.82, 2.24) is 30.3 Å². The van der Waals surface area contributed by atoms with Gasteiger partial charge in [-0.05, 0) is 6.42 Å². The summed E-state index contributed by atoms with van der Waals surface area (Å²) in [6.45, 7) is 2.20. The Balaban J connectivity index is 1.73. The molecule has 3 N–H and O–H groups in total. The molecular formula is C10H16N6O. The number of aliphatic hydroxyl groups excluding tert-OH is 1. The lowest BCUT2D eigenvalue weighted by Gasteiger charge is -1.98. The largest absolute Gasteiger partial charge is 0.396 e. The van der Waals surface area contributed by atoms with E-state index in [0.29, 0.717) is 26.1 Å². The minimum absolute atomic E-state index is 0.173. The van der Waals surface area contributed by atoms with Crippen molar-refractivity contribution in [3.63, 3.8) is 0 Å². The zero-order chi connectivity index (χ0) is 11.9. The monoisotopic (exact) mass is 236 g/mol. The van der Waals surface area contributed by atoms with Gasteiger partial charge in [0.2, 0.25) is 0 Å². The molecule has 7 nitrogen and oxygen atoms in total. The molecule has 2 rings (SSSR count). The van der Waals surface area contributed by atoms with Gasteiger partial charge in [-0.15, -0.1) is 5.10 Å². The molecule has 0 aliphatic heterocycles. The van der Waals surface area contributed by atoms with Crippen molar-refractivity contribution < 1.29 is 5.11 Å². The minimum atomic E-state index is 0.173. The standard InChI is InChI=1S/C10H16N6O/c17-5-1-4-16-8-9(14-15-16)6-11-7-10-12-2-3-13-10/h2-3,8,11,17H,1,4-7H2,(H,12,13). The Kier molecular flexibility index (Phi) is 4.23. The second-order valence-electron chi connectivity index (χ2n) is 3.69. The van der Waals surface area contributed by atoms with E-state index < -0.39 is 0 Å². The highest BCUT2D eigenvalue weighted by Gasteiger charge is 2.00. The maximum Gasteiger partial charge on any atom is 0.120 e. The molecule has 17 heavy (non-hydrogen) atoms. The van der Waals surface area contributed by atoms with Gasteiger partial charge in [0.1, 0.15) is 5.82 Å². The number of hydrogen-bond acceptors (Lipinski definition) is 5. The van der Waals surface area contributed by atoms with Crippen molar-refractivity contribution >= 4 is 0 Å². The smallest absolute Gasteiger partial charge is 0.120 e. The van der Waals surface area contributed by atoms with Crippen LogP contribution in [0.3, 0.4) is 0 Å². The number of rotatable bonds is 7. The van der Waals surface area contributed by atoms with Crippen LogP contribution < -0.4 is 5.32 Å². The zero-order valence-corrected chi connectivity index (χ0v) is 9.50. The fourth-order valence-corrected chi connectivity index (χ4v) is 1.47. The number of nitrogens with one attached hydrogen (secondary N) is 2. The van der Waals surface area contributed by atoms with Gasteiger partial charge >= 0.3 is 0 Å². The number of aryl methyl sites for hydroxylation is 1. The molecule has 2 heterocycles. The van der Waals surface area contributed by atoms with Gasteiger partial charge in [0.05, 0.1) is 12.2 Å². The molecule has 0 saturated heterocycles. The highest BCUT2D eigenvalue weighted by Crippen LogP contribution is 1.95. The average molecular weight is 236 g/mol. The Labute approximate surface area is 98.9 Å². The Bertz CT molecular complexity index is 424. The van der Waals surface area contributed by atoms with Gasteiger partial charge in [-0.1, -0.05) is 5.21 Å². The van der Waals surface area contributed by atoms with E-state index in [0.717, 1.165) is 11.5 Å². The first-order valence-electron chi connectivity index (χ1n) is 5.57. The molecule has 0 aliphatic rings. The molecule has 0 atom stereocenters. The number of hydrogen-bond donors (Lipinski definition) is 3. The third kappa shape index (κ3) is 3.65. The molecule has 0 aromatic carbocycles. The summed E-state index contributed by atoms with van der Waals surface area (Å²) in [6.07, 6.45) is 6.10. The molecule has 0 aliphatic carbocycles. The van der Waals surface area contributed by atoms with Gasteiger partial charge in [-0.3, -0.25) is 4.68 Å².